The van der Waals surface area contributed by atoms with Crippen molar-refractivity contribution in [3.63, 3.8) is 0 Å². The third kappa shape index (κ3) is 3.75. The number of thioether (sulfide) groups is 1. The Balaban J connectivity index is 1.36. The van der Waals surface area contributed by atoms with E-state index in [1.165, 1.54) is 59.9 Å². The summed E-state index contributed by atoms with van der Waals surface area (Å²) in [7, 11) is 0. The molecular weight excluding hydrogens is 326 g/mol. The Hall–Kier alpha value is -1.40. The summed E-state index contributed by atoms with van der Waals surface area (Å²) in [6, 6.07) is 6.79. The fourth-order valence-electron chi connectivity index (χ4n) is 2.85. The minimum Gasteiger partial charge on any atom is -0.357 e. The monoisotopic (exact) mass is 345 g/mol. The molecule has 6 heteroatoms. The molecule has 1 aromatic heterocycles. The molecule has 2 aliphatic carbocycles. The number of hydrogen-bond acceptors (Lipinski definition) is 6. The van der Waals surface area contributed by atoms with Crippen molar-refractivity contribution in [3.05, 3.63) is 34.9 Å². The van der Waals surface area contributed by atoms with Crippen molar-refractivity contribution in [1.82, 2.24) is 10.2 Å². The molecule has 0 radical (unpaired) electrons. The third-order valence-corrected chi connectivity index (χ3v) is 6.30. The van der Waals surface area contributed by atoms with Crippen LogP contribution in [0.3, 0.4) is 0 Å². The van der Waals surface area contributed by atoms with Crippen molar-refractivity contribution in [2.75, 3.05) is 11.1 Å². The first kappa shape index (κ1) is 15.1. The molecule has 2 aliphatic rings. The van der Waals surface area contributed by atoms with Crippen LogP contribution < -0.4 is 5.32 Å². The summed E-state index contributed by atoms with van der Waals surface area (Å²) >= 11 is 3.02. The van der Waals surface area contributed by atoms with Gasteiger partial charge in [-0.05, 0) is 55.7 Å². The van der Waals surface area contributed by atoms with Gasteiger partial charge in [-0.3, -0.25) is 4.79 Å². The summed E-state index contributed by atoms with van der Waals surface area (Å²) in [5.41, 5.74) is 3.61. The Bertz CT molecular complexity index is 724. The highest BCUT2D eigenvalue weighted by Gasteiger charge is 2.22. The van der Waals surface area contributed by atoms with E-state index in [2.05, 4.69) is 27.6 Å². The zero-order valence-corrected chi connectivity index (χ0v) is 14.5. The van der Waals surface area contributed by atoms with Gasteiger partial charge in [-0.25, -0.2) is 0 Å². The van der Waals surface area contributed by atoms with Gasteiger partial charge in [-0.1, -0.05) is 35.2 Å². The summed E-state index contributed by atoms with van der Waals surface area (Å²) < 4.78 is 0.861. The van der Waals surface area contributed by atoms with Crippen LogP contribution in [0.25, 0.3) is 0 Å². The number of aromatic nitrogens is 2. The number of aryl methyl sites for hydroxylation is 2. The molecule has 1 N–H and O–H groups in total. The Kier molecular flexibility index (Phi) is 4.35. The lowest BCUT2D eigenvalue weighted by Gasteiger charge is -2.16. The SMILES string of the molecule is O=C(CSc1nnc(NC2CC2)s1)c1ccc2c(c1)CCCC2. The van der Waals surface area contributed by atoms with Crippen LogP contribution in [-0.2, 0) is 12.8 Å². The highest BCUT2D eigenvalue weighted by molar-refractivity contribution is 8.01. The van der Waals surface area contributed by atoms with Gasteiger partial charge >= 0.3 is 0 Å². The van der Waals surface area contributed by atoms with Crippen molar-refractivity contribution >= 4 is 34.0 Å². The van der Waals surface area contributed by atoms with E-state index in [-0.39, 0.29) is 5.78 Å². The third-order valence-electron chi connectivity index (χ3n) is 4.31. The van der Waals surface area contributed by atoms with Crippen LogP contribution in [-0.4, -0.2) is 27.8 Å². The smallest absolute Gasteiger partial charge is 0.206 e. The number of anilines is 1. The molecule has 2 aromatic rings. The van der Waals surface area contributed by atoms with Gasteiger partial charge in [0.1, 0.15) is 0 Å². The van der Waals surface area contributed by atoms with Gasteiger partial charge in [0, 0.05) is 11.6 Å². The molecule has 1 saturated carbocycles. The van der Waals surface area contributed by atoms with E-state index in [1.54, 1.807) is 0 Å². The van der Waals surface area contributed by atoms with Crippen LogP contribution in [0.1, 0.15) is 47.2 Å². The second kappa shape index (κ2) is 6.61. The van der Waals surface area contributed by atoms with E-state index in [0.717, 1.165) is 27.9 Å². The molecule has 0 aliphatic heterocycles. The minimum absolute atomic E-state index is 0.176. The van der Waals surface area contributed by atoms with E-state index in [1.807, 2.05) is 6.07 Å². The molecular formula is C17H19N3OS2. The van der Waals surface area contributed by atoms with Crippen LogP contribution in [0.2, 0.25) is 0 Å². The van der Waals surface area contributed by atoms with Crippen LogP contribution in [0.4, 0.5) is 5.13 Å². The van der Waals surface area contributed by atoms with Crippen LogP contribution in [0, 0.1) is 0 Å². The number of carbonyl (C=O) groups excluding carboxylic acids is 1. The van der Waals surface area contributed by atoms with E-state index >= 15 is 0 Å². The standard InChI is InChI=1S/C17H19N3OS2/c21-15(13-6-5-11-3-1-2-4-12(11)9-13)10-22-17-20-19-16(23-17)18-14-7-8-14/h5-6,9,14H,1-4,7-8,10H2,(H,18,19). The molecule has 0 spiro atoms. The number of benzene rings is 1. The first-order chi connectivity index (χ1) is 11.3. The zero-order chi connectivity index (χ0) is 15.6. The van der Waals surface area contributed by atoms with Gasteiger partial charge in [0.15, 0.2) is 10.1 Å². The normalized spacial score (nSPS) is 16.9. The maximum absolute atomic E-state index is 12.4. The maximum atomic E-state index is 12.4. The molecule has 0 amide bonds. The zero-order valence-electron chi connectivity index (χ0n) is 12.9. The van der Waals surface area contributed by atoms with Crippen LogP contribution in [0.15, 0.2) is 22.5 Å². The predicted octanol–water partition coefficient (Wildman–Crippen LogP) is 3.97. The molecule has 1 fully saturated rings. The lowest BCUT2D eigenvalue weighted by molar-refractivity contribution is 0.102. The summed E-state index contributed by atoms with van der Waals surface area (Å²) in [4.78, 5) is 12.4. The second-order valence-corrected chi connectivity index (χ2v) is 8.39. The Labute approximate surface area is 144 Å². The number of nitrogens with one attached hydrogen (secondary N) is 1. The first-order valence-corrected chi connectivity index (χ1v) is 9.96. The van der Waals surface area contributed by atoms with Crippen LogP contribution >= 0.6 is 23.1 Å². The van der Waals surface area contributed by atoms with E-state index < -0.39 is 0 Å². The topological polar surface area (TPSA) is 54.9 Å². The second-order valence-electron chi connectivity index (χ2n) is 6.19. The van der Waals surface area contributed by atoms with E-state index in [9.17, 15) is 4.79 Å². The molecule has 4 rings (SSSR count). The average Bonchev–Trinajstić information content (AvgIpc) is 3.28. The van der Waals surface area contributed by atoms with Crippen LogP contribution in [0.5, 0.6) is 0 Å². The van der Waals surface area contributed by atoms with Gasteiger partial charge in [0.25, 0.3) is 0 Å². The number of hydrogen-bond donors (Lipinski definition) is 1. The fraction of sp³-hybridized carbons (Fsp3) is 0.471. The lowest BCUT2D eigenvalue weighted by atomic mass is 9.90. The highest BCUT2D eigenvalue weighted by Crippen LogP contribution is 2.30. The molecule has 0 bridgehead atoms. The summed E-state index contributed by atoms with van der Waals surface area (Å²) in [6.07, 6.45) is 7.21. The van der Waals surface area contributed by atoms with Crippen molar-refractivity contribution in [1.29, 1.82) is 0 Å². The molecule has 120 valence electrons. The highest BCUT2D eigenvalue weighted by atomic mass is 32.2. The van der Waals surface area contributed by atoms with Gasteiger partial charge in [0.05, 0.1) is 5.75 Å². The number of ketones is 1. The van der Waals surface area contributed by atoms with Crippen molar-refractivity contribution in [3.8, 4) is 0 Å². The number of nitrogens with zero attached hydrogens (tertiary/aromatic N) is 2. The number of Topliss-reactive ketones (excluding diaryl/α,β-unsaturated/α-hetero) is 1. The van der Waals surface area contributed by atoms with Gasteiger partial charge in [0.2, 0.25) is 5.13 Å². The number of fused-ring (bicyclic) bond motifs is 1. The minimum atomic E-state index is 0.176. The Morgan fingerprint density at radius 3 is 2.87 bits per heavy atom. The number of carbonyl (C=O) groups is 1. The van der Waals surface area contributed by atoms with Crippen molar-refractivity contribution in [2.24, 2.45) is 0 Å². The quantitative estimate of drug-likeness (QED) is 0.634. The van der Waals surface area contributed by atoms with Crippen molar-refractivity contribution < 1.29 is 4.79 Å². The Morgan fingerprint density at radius 1 is 1.22 bits per heavy atom. The molecule has 0 unspecified atom stereocenters. The first-order valence-electron chi connectivity index (χ1n) is 8.16. The molecule has 0 saturated heterocycles. The molecule has 1 heterocycles. The molecule has 0 atom stereocenters. The fourth-order valence-corrected chi connectivity index (χ4v) is 4.57. The van der Waals surface area contributed by atoms with Gasteiger partial charge in [-0.2, -0.15) is 0 Å². The predicted molar refractivity (Wildman–Crippen MR) is 94.7 cm³/mol. The summed E-state index contributed by atoms with van der Waals surface area (Å²) in [6.45, 7) is 0. The lowest BCUT2D eigenvalue weighted by Crippen LogP contribution is -2.07. The summed E-state index contributed by atoms with van der Waals surface area (Å²) in [5, 5.41) is 12.5. The van der Waals surface area contributed by atoms with Gasteiger partial charge in [-0.15, -0.1) is 10.2 Å². The van der Waals surface area contributed by atoms with E-state index in [0.29, 0.717) is 11.8 Å². The van der Waals surface area contributed by atoms with E-state index in [4.69, 9.17) is 0 Å². The average molecular weight is 345 g/mol. The Morgan fingerprint density at radius 2 is 2.04 bits per heavy atom. The molecule has 1 aromatic carbocycles. The number of rotatable bonds is 6. The molecule has 4 nitrogen and oxygen atoms in total. The molecule has 23 heavy (non-hydrogen) atoms. The summed E-state index contributed by atoms with van der Waals surface area (Å²) in [5.74, 6) is 0.604. The maximum Gasteiger partial charge on any atom is 0.206 e. The van der Waals surface area contributed by atoms with Gasteiger partial charge < -0.3 is 5.32 Å². The largest absolute Gasteiger partial charge is 0.357 e. The van der Waals surface area contributed by atoms with Crippen molar-refractivity contribution in [2.45, 2.75) is 48.9 Å².